The quantitative estimate of drug-likeness (QED) is 0.786. The minimum absolute atomic E-state index is 0.790. The summed E-state index contributed by atoms with van der Waals surface area (Å²) < 4.78 is 5.07. The largest absolute Gasteiger partial charge is 0.366 e. The molecule has 1 aromatic heterocycles. The third-order valence-electron chi connectivity index (χ3n) is 2.53. The van der Waals surface area contributed by atoms with E-state index in [2.05, 4.69) is 29.1 Å². The van der Waals surface area contributed by atoms with E-state index in [0.29, 0.717) is 0 Å². The van der Waals surface area contributed by atoms with Crippen LogP contribution in [-0.2, 0) is 6.54 Å². The van der Waals surface area contributed by atoms with Crippen molar-refractivity contribution in [1.29, 1.82) is 0 Å². The molecule has 0 radical (unpaired) electrons. The lowest BCUT2D eigenvalue weighted by molar-refractivity contribution is 0.390. The van der Waals surface area contributed by atoms with Crippen LogP contribution in [0, 0.1) is 6.92 Å². The van der Waals surface area contributed by atoms with Gasteiger partial charge >= 0.3 is 0 Å². The van der Waals surface area contributed by atoms with Crippen molar-refractivity contribution in [2.45, 2.75) is 20.4 Å². The fourth-order valence-corrected chi connectivity index (χ4v) is 1.71. The van der Waals surface area contributed by atoms with Gasteiger partial charge in [-0.25, -0.2) is 0 Å². The van der Waals surface area contributed by atoms with Gasteiger partial charge in [-0.3, -0.25) is 0 Å². The predicted octanol–water partition coefficient (Wildman–Crippen LogP) is 3.01. The third kappa shape index (κ3) is 2.42. The van der Waals surface area contributed by atoms with Gasteiger partial charge in [-0.15, -0.1) is 0 Å². The van der Waals surface area contributed by atoms with Crippen LogP contribution in [0.25, 0.3) is 0 Å². The number of hydrogen-bond acceptors (Lipinski definition) is 3. The van der Waals surface area contributed by atoms with E-state index in [9.17, 15) is 0 Å². The summed E-state index contributed by atoms with van der Waals surface area (Å²) >= 11 is 0. The number of anilines is 1. The smallest absolute Gasteiger partial charge is 0.133 e. The maximum Gasteiger partial charge on any atom is 0.133 e. The number of aryl methyl sites for hydroxylation is 1. The van der Waals surface area contributed by atoms with E-state index in [4.69, 9.17) is 4.52 Å². The number of nitrogens with zero attached hydrogens (tertiary/aromatic N) is 2. The van der Waals surface area contributed by atoms with Crippen molar-refractivity contribution in [3.8, 4) is 0 Å². The molecule has 0 atom stereocenters. The van der Waals surface area contributed by atoms with Gasteiger partial charge in [-0.1, -0.05) is 23.4 Å². The summed E-state index contributed by atoms with van der Waals surface area (Å²) in [6.07, 6.45) is 0. The zero-order valence-electron chi connectivity index (χ0n) is 9.68. The highest BCUT2D eigenvalue weighted by Gasteiger charge is 2.07. The van der Waals surface area contributed by atoms with Crippen LogP contribution in [0.4, 0.5) is 5.69 Å². The first-order chi connectivity index (χ1) is 7.79. The molecular formula is C13H16N2O. The maximum absolute atomic E-state index is 5.07. The molecule has 2 rings (SSSR count). The van der Waals surface area contributed by atoms with Gasteiger partial charge in [0.05, 0.1) is 6.54 Å². The van der Waals surface area contributed by atoms with Crippen molar-refractivity contribution in [2.75, 3.05) is 11.4 Å². The van der Waals surface area contributed by atoms with Gasteiger partial charge in [-0.05, 0) is 26.0 Å². The summed E-state index contributed by atoms with van der Waals surface area (Å²) in [7, 11) is 0. The van der Waals surface area contributed by atoms with Gasteiger partial charge in [-0.2, -0.15) is 0 Å². The molecule has 0 bridgehead atoms. The minimum Gasteiger partial charge on any atom is -0.366 e. The molecule has 84 valence electrons. The number of benzene rings is 1. The van der Waals surface area contributed by atoms with E-state index >= 15 is 0 Å². The molecule has 2 aromatic rings. The first-order valence-electron chi connectivity index (χ1n) is 5.52. The van der Waals surface area contributed by atoms with E-state index in [1.807, 2.05) is 31.2 Å². The SMILES string of the molecule is CCN(Cc1cc(C)on1)c1ccccc1. The topological polar surface area (TPSA) is 29.3 Å². The predicted molar refractivity (Wildman–Crippen MR) is 64.4 cm³/mol. The summed E-state index contributed by atoms with van der Waals surface area (Å²) in [5.41, 5.74) is 2.19. The number of para-hydroxylation sites is 1. The van der Waals surface area contributed by atoms with Crippen molar-refractivity contribution in [2.24, 2.45) is 0 Å². The van der Waals surface area contributed by atoms with E-state index in [1.54, 1.807) is 0 Å². The lowest BCUT2D eigenvalue weighted by atomic mass is 10.2. The van der Waals surface area contributed by atoms with Crippen molar-refractivity contribution >= 4 is 5.69 Å². The number of hydrogen-bond donors (Lipinski definition) is 0. The molecule has 1 heterocycles. The average Bonchev–Trinajstić information content (AvgIpc) is 2.73. The van der Waals surface area contributed by atoms with Gasteiger partial charge < -0.3 is 9.42 Å². The summed E-state index contributed by atoms with van der Waals surface area (Å²) in [4.78, 5) is 2.26. The maximum atomic E-state index is 5.07. The second-order valence-corrected chi connectivity index (χ2v) is 3.78. The van der Waals surface area contributed by atoms with Crippen molar-refractivity contribution in [3.63, 3.8) is 0 Å². The van der Waals surface area contributed by atoms with Crippen LogP contribution in [0.3, 0.4) is 0 Å². The molecule has 0 aliphatic rings. The Hall–Kier alpha value is -1.77. The molecule has 0 aliphatic heterocycles. The fourth-order valence-electron chi connectivity index (χ4n) is 1.71. The summed E-state index contributed by atoms with van der Waals surface area (Å²) in [6.45, 7) is 5.79. The van der Waals surface area contributed by atoms with Crippen LogP contribution in [0.5, 0.6) is 0 Å². The molecule has 0 fully saturated rings. The molecule has 3 nitrogen and oxygen atoms in total. The molecular weight excluding hydrogens is 200 g/mol. The monoisotopic (exact) mass is 216 g/mol. The van der Waals surface area contributed by atoms with Crippen LogP contribution >= 0.6 is 0 Å². The Morgan fingerprint density at radius 3 is 2.56 bits per heavy atom. The van der Waals surface area contributed by atoms with Crippen LogP contribution in [0.1, 0.15) is 18.4 Å². The Bertz CT molecular complexity index is 436. The highest BCUT2D eigenvalue weighted by molar-refractivity contribution is 5.46. The summed E-state index contributed by atoms with van der Waals surface area (Å²) in [5, 5.41) is 4.01. The normalized spacial score (nSPS) is 10.4. The molecule has 0 saturated carbocycles. The van der Waals surface area contributed by atoms with Gasteiger partial charge in [0.15, 0.2) is 0 Å². The molecule has 0 saturated heterocycles. The standard InChI is InChI=1S/C13H16N2O/c1-3-15(13-7-5-4-6-8-13)10-12-9-11(2)16-14-12/h4-9H,3,10H2,1-2H3. The first kappa shape index (κ1) is 10.7. The third-order valence-corrected chi connectivity index (χ3v) is 2.53. The lowest BCUT2D eigenvalue weighted by Gasteiger charge is -2.21. The highest BCUT2D eigenvalue weighted by Crippen LogP contribution is 2.16. The second kappa shape index (κ2) is 4.84. The Balaban J connectivity index is 2.12. The van der Waals surface area contributed by atoms with Gasteiger partial charge in [0, 0.05) is 18.3 Å². The van der Waals surface area contributed by atoms with Gasteiger partial charge in [0.25, 0.3) is 0 Å². The summed E-state index contributed by atoms with van der Waals surface area (Å²) in [5.74, 6) is 0.860. The molecule has 0 unspecified atom stereocenters. The van der Waals surface area contributed by atoms with Crippen LogP contribution in [0.2, 0.25) is 0 Å². The minimum atomic E-state index is 0.790. The van der Waals surface area contributed by atoms with Crippen LogP contribution < -0.4 is 4.90 Å². The van der Waals surface area contributed by atoms with Crippen LogP contribution in [-0.4, -0.2) is 11.7 Å². The summed E-state index contributed by atoms with van der Waals surface area (Å²) in [6, 6.07) is 12.3. The Kier molecular flexibility index (Phi) is 3.25. The second-order valence-electron chi connectivity index (χ2n) is 3.78. The van der Waals surface area contributed by atoms with Gasteiger partial charge in [0.2, 0.25) is 0 Å². The number of aromatic nitrogens is 1. The van der Waals surface area contributed by atoms with E-state index < -0.39 is 0 Å². The Labute approximate surface area is 95.7 Å². The van der Waals surface area contributed by atoms with Crippen molar-refractivity contribution in [3.05, 3.63) is 47.9 Å². The molecule has 1 aromatic carbocycles. The van der Waals surface area contributed by atoms with Crippen LogP contribution in [0.15, 0.2) is 40.9 Å². The Morgan fingerprint density at radius 1 is 1.25 bits per heavy atom. The Morgan fingerprint density at radius 2 is 2.00 bits per heavy atom. The molecule has 3 heteroatoms. The fraction of sp³-hybridized carbons (Fsp3) is 0.308. The zero-order valence-corrected chi connectivity index (χ0v) is 9.68. The zero-order chi connectivity index (χ0) is 11.4. The highest BCUT2D eigenvalue weighted by atomic mass is 16.5. The molecule has 0 N–H and O–H groups in total. The number of rotatable bonds is 4. The molecule has 0 aliphatic carbocycles. The van der Waals surface area contributed by atoms with E-state index in [1.165, 1.54) is 5.69 Å². The lowest BCUT2D eigenvalue weighted by Crippen LogP contribution is -2.21. The van der Waals surface area contributed by atoms with Crippen molar-refractivity contribution in [1.82, 2.24) is 5.16 Å². The molecule has 0 amide bonds. The van der Waals surface area contributed by atoms with Crippen molar-refractivity contribution < 1.29 is 4.52 Å². The van der Waals surface area contributed by atoms with E-state index in [-0.39, 0.29) is 0 Å². The molecule has 16 heavy (non-hydrogen) atoms. The van der Waals surface area contributed by atoms with Gasteiger partial charge in [0.1, 0.15) is 11.5 Å². The average molecular weight is 216 g/mol. The first-order valence-corrected chi connectivity index (χ1v) is 5.52. The van der Waals surface area contributed by atoms with E-state index in [0.717, 1.165) is 24.5 Å². The molecule has 0 spiro atoms.